The quantitative estimate of drug-likeness (QED) is 0.696. The second-order valence-corrected chi connectivity index (χ2v) is 6.14. The van der Waals surface area contributed by atoms with Crippen molar-refractivity contribution >= 4 is 28.1 Å². The van der Waals surface area contributed by atoms with Gasteiger partial charge in [-0.3, -0.25) is 0 Å². The molecule has 7 nitrogen and oxygen atoms in total. The number of thiazole rings is 1. The summed E-state index contributed by atoms with van der Waals surface area (Å²) in [5.41, 5.74) is 2.48. The molecule has 1 aromatic carbocycles. The third kappa shape index (κ3) is 3.63. The number of rotatable bonds is 6. The normalized spacial score (nSPS) is 10.4. The van der Waals surface area contributed by atoms with Crippen LogP contribution in [0.15, 0.2) is 30.5 Å². The largest absolute Gasteiger partial charge is 0.497 e. The van der Waals surface area contributed by atoms with Gasteiger partial charge in [-0.2, -0.15) is 0 Å². The average molecular weight is 357 g/mol. The zero-order valence-electron chi connectivity index (χ0n) is 14.5. The zero-order chi connectivity index (χ0) is 17.8. The van der Waals surface area contributed by atoms with Gasteiger partial charge < -0.3 is 20.1 Å². The van der Waals surface area contributed by atoms with Crippen molar-refractivity contribution in [1.82, 2.24) is 15.0 Å². The number of hydrogen-bond acceptors (Lipinski definition) is 8. The van der Waals surface area contributed by atoms with E-state index in [9.17, 15) is 0 Å². The van der Waals surface area contributed by atoms with Crippen molar-refractivity contribution in [3.05, 3.63) is 36.2 Å². The summed E-state index contributed by atoms with van der Waals surface area (Å²) in [6, 6.07) is 7.37. The summed E-state index contributed by atoms with van der Waals surface area (Å²) < 4.78 is 10.6. The Hall–Kier alpha value is -2.87. The molecule has 0 aliphatic heterocycles. The molecule has 0 amide bonds. The molecule has 8 heteroatoms. The number of nitrogens with one attached hydrogen (secondary N) is 2. The van der Waals surface area contributed by atoms with E-state index < -0.39 is 0 Å². The highest BCUT2D eigenvalue weighted by atomic mass is 32.1. The minimum absolute atomic E-state index is 0.475. The number of aromatic nitrogens is 3. The van der Waals surface area contributed by atoms with Gasteiger partial charge in [-0.1, -0.05) is 11.3 Å². The average Bonchev–Trinajstić information content (AvgIpc) is 3.03. The molecule has 0 atom stereocenters. The van der Waals surface area contributed by atoms with E-state index in [4.69, 9.17) is 9.47 Å². The number of anilines is 3. The molecule has 2 heterocycles. The van der Waals surface area contributed by atoms with E-state index in [1.165, 1.54) is 0 Å². The Kier molecular flexibility index (Phi) is 4.99. The van der Waals surface area contributed by atoms with Crippen LogP contribution in [0.25, 0.3) is 10.6 Å². The van der Waals surface area contributed by atoms with Crippen LogP contribution in [0.3, 0.4) is 0 Å². The lowest BCUT2D eigenvalue weighted by Crippen LogP contribution is -2.00. The van der Waals surface area contributed by atoms with E-state index in [1.54, 1.807) is 31.8 Å². The second kappa shape index (κ2) is 7.35. The topological polar surface area (TPSA) is 81.2 Å². The monoisotopic (exact) mass is 357 g/mol. The van der Waals surface area contributed by atoms with Crippen LogP contribution >= 0.6 is 11.3 Å². The molecular formula is C17H19N5O2S. The molecule has 2 aromatic heterocycles. The minimum atomic E-state index is 0.475. The van der Waals surface area contributed by atoms with Crippen LogP contribution in [0.1, 0.15) is 5.69 Å². The molecule has 0 radical (unpaired) electrons. The van der Waals surface area contributed by atoms with Gasteiger partial charge >= 0.3 is 0 Å². The Bertz CT molecular complexity index is 881. The van der Waals surface area contributed by atoms with E-state index >= 15 is 0 Å². The molecular weight excluding hydrogens is 338 g/mol. The fourth-order valence-electron chi connectivity index (χ4n) is 2.32. The Morgan fingerprint density at radius 2 is 1.92 bits per heavy atom. The highest BCUT2D eigenvalue weighted by Crippen LogP contribution is 2.33. The summed E-state index contributed by atoms with van der Waals surface area (Å²) >= 11 is 1.56. The molecule has 0 saturated heterocycles. The molecule has 0 saturated carbocycles. The number of methoxy groups -OCH3 is 2. The molecule has 3 aromatic rings. The van der Waals surface area contributed by atoms with Crippen molar-refractivity contribution in [2.45, 2.75) is 6.92 Å². The summed E-state index contributed by atoms with van der Waals surface area (Å²) in [6.45, 7) is 1.97. The molecule has 0 bridgehead atoms. The molecule has 3 rings (SSSR count). The molecule has 0 aliphatic carbocycles. The summed E-state index contributed by atoms with van der Waals surface area (Å²) in [4.78, 5) is 14.4. The molecule has 2 N–H and O–H groups in total. The maximum absolute atomic E-state index is 5.38. The first-order chi connectivity index (χ1) is 12.1. The SMILES string of the molecule is CNc1nc(C)c(-c2ccnc(Nc3cc(OC)ccc3OC)n2)s1. The van der Waals surface area contributed by atoms with Crippen molar-refractivity contribution in [3.63, 3.8) is 0 Å². The Morgan fingerprint density at radius 3 is 2.60 bits per heavy atom. The van der Waals surface area contributed by atoms with Gasteiger partial charge in [0.1, 0.15) is 11.5 Å². The zero-order valence-corrected chi connectivity index (χ0v) is 15.3. The van der Waals surface area contributed by atoms with E-state index in [2.05, 4.69) is 25.6 Å². The Morgan fingerprint density at radius 1 is 1.08 bits per heavy atom. The maximum Gasteiger partial charge on any atom is 0.227 e. The van der Waals surface area contributed by atoms with Crippen LogP contribution in [0.4, 0.5) is 16.8 Å². The van der Waals surface area contributed by atoms with Gasteiger partial charge in [-0.15, -0.1) is 0 Å². The third-order valence-corrected chi connectivity index (χ3v) is 4.75. The van der Waals surface area contributed by atoms with Crippen LogP contribution < -0.4 is 20.1 Å². The number of benzene rings is 1. The van der Waals surface area contributed by atoms with Crippen molar-refractivity contribution in [3.8, 4) is 22.1 Å². The van der Waals surface area contributed by atoms with Crippen molar-refractivity contribution < 1.29 is 9.47 Å². The molecule has 0 aliphatic rings. The third-order valence-electron chi connectivity index (χ3n) is 3.55. The molecule has 0 unspecified atom stereocenters. The first kappa shape index (κ1) is 17.0. The van der Waals surface area contributed by atoms with E-state index in [0.29, 0.717) is 11.7 Å². The number of ether oxygens (including phenoxy) is 2. The minimum Gasteiger partial charge on any atom is -0.497 e. The van der Waals surface area contributed by atoms with Crippen LogP contribution in [-0.2, 0) is 0 Å². The first-order valence-corrected chi connectivity index (χ1v) is 8.44. The molecule has 0 fully saturated rings. The number of nitrogens with zero attached hydrogens (tertiary/aromatic N) is 3. The van der Waals surface area contributed by atoms with Crippen LogP contribution in [0.5, 0.6) is 11.5 Å². The van der Waals surface area contributed by atoms with Crippen molar-refractivity contribution in [2.24, 2.45) is 0 Å². The van der Waals surface area contributed by atoms with Crippen molar-refractivity contribution in [2.75, 3.05) is 31.9 Å². The summed E-state index contributed by atoms with van der Waals surface area (Å²) in [7, 11) is 5.09. The Balaban J connectivity index is 1.93. The van der Waals surface area contributed by atoms with Crippen LogP contribution in [-0.4, -0.2) is 36.2 Å². The van der Waals surface area contributed by atoms with E-state index in [0.717, 1.165) is 32.8 Å². The van der Waals surface area contributed by atoms with Gasteiger partial charge in [0.2, 0.25) is 5.95 Å². The molecule has 0 spiro atoms. The van der Waals surface area contributed by atoms with Crippen LogP contribution in [0.2, 0.25) is 0 Å². The van der Waals surface area contributed by atoms with Gasteiger partial charge in [-0.05, 0) is 25.1 Å². The summed E-state index contributed by atoms with van der Waals surface area (Å²) in [5, 5.41) is 7.10. The van der Waals surface area contributed by atoms with Crippen LogP contribution in [0, 0.1) is 6.92 Å². The predicted octanol–water partition coefficient (Wildman–Crippen LogP) is 3.71. The molecule has 130 valence electrons. The van der Waals surface area contributed by atoms with Gasteiger partial charge in [0.05, 0.1) is 36.2 Å². The van der Waals surface area contributed by atoms with E-state index in [1.807, 2.05) is 38.2 Å². The van der Waals surface area contributed by atoms with Gasteiger partial charge in [0.25, 0.3) is 0 Å². The predicted molar refractivity (Wildman–Crippen MR) is 100 cm³/mol. The second-order valence-electron chi connectivity index (χ2n) is 5.14. The maximum atomic E-state index is 5.38. The Labute approximate surface area is 150 Å². The number of hydrogen-bond donors (Lipinski definition) is 2. The fraction of sp³-hybridized carbons (Fsp3) is 0.235. The lowest BCUT2D eigenvalue weighted by atomic mass is 10.2. The fourth-order valence-corrected chi connectivity index (χ4v) is 3.21. The van der Waals surface area contributed by atoms with E-state index in [-0.39, 0.29) is 0 Å². The lowest BCUT2D eigenvalue weighted by molar-refractivity contribution is 0.405. The van der Waals surface area contributed by atoms with Gasteiger partial charge in [-0.25, -0.2) is 15.0 Å². The summed E-state index contributed by atoms with van der Waals surface area (Å²) in [6.07, 6.45) is 1.72. The highest BCUT2D eigenvalue weighted by Gasteiger charge is 2.12. The first-order valence-electron chi connectivity index (χ1n) is 7.62. The smallest absolute Gasteiger partial charge is 0.227 e. The standard InChI is InChI=1S/C17H19N5O2S/c1-10-15(25-17(18-2)20-10)12-7-8-19-16(21-12)22-13-9-11(23-3)5-6-14(13)24-4/h5-9H,1-4H3,(H,18,20)(H,19,21,22). The van der Waals surface area contributed by atoms with Gasteiger partial charge in [0.15, 0.2) is 5.13 Å². The highest BCUT2D eigenvalue weighted by molar-refractivity contribution is 7.19. The molecule has 25 heavy (non-hydrogen) atoms. The summed E-state index contributed by atoms with van der Waals surface area (Å²) in [5.74, 6) is 1.88. The van der Waals surface area contributed by atoms with Gasteiger partial charge in [0, 0.05) is 19.3 Å². The van der Waals surface area contributed by atoms with Crippen molar-refractivity contribution in [1.29, 1.82) is 0 Å². The number of aryl methyl sites for hydroxylation is 1. The lowest BCUT2D eigenvalue weighted by Gasteiger charge is -2.12.